The first-order chi connectivity index (χ1) is 11.2. The van der Waals surface area contributed by atoms with Gasteiger partial charge in [-0.25, -0.2) is 0 Å². The second kappa shape index (κ2) is 6.96. The molecule has 5 heteroatoms. The first-order valence-electron chi connectivity index (χ1n) is 7.62. The van der Waals surface area contributed by atoms with E-state index in [1.807, 2.05) is 18.2 Å². The average Bonchev–Trinajstić information content (AvgIpc) is 2.59. The average molecular weight is 310 g/mol. The van der Waals surface area contributed by atoms with E-state index in [4.69, 9.17) is 4.74 Å². The van der Waals surface area contributed by atoms with Crippen LogP contribution in [0.1, 0.15) is 22.3 Å². The third-order valence-corrected chi connectivity index (χ3v) is 3.66. The number of aryl methyl sites for hydroxylation is 1. The molecular weight excluding hydrogens is 292 g/mol. The lowest BCUT2D eigenvalue weighted by molar-refractivity contribution is -0.118. The molecule has 1 heterocycles. The van der Waals surface area contributed by atoms with E-state index in [1.54, 1.807) is 18.2 Å². The Kier molecular flexibility index (Phi) is 4.57. The van der Waals surface area contributed by atoms with Gasteiger partial charge in [0.15, 0.2) is 6.61 Å². The Balaban J connectivity index is 1.58. The minimum absolute atomic E-state index is 0.0187. The molecule has 5 nitrogen and oxygen atoms in total. The van der Waals surface area contributed by atoms with Crippen LogP contribution < -0.4 is 15.4 Å². The summed E-state index contributed by atoms with van der Waals surface area (Å²) in [6, 6.07) is 15.3. The molecule has 0 aliphatic carbocycles. The zero-order chi connectivity index (χ0) is 16.1. The van der Waals surface area contributed by atoms with Crippen LogP contribution in [0.4, 0.5) is 5.69 Å². The molecule has 0 fully saturated rings. The number of benzene rings is 2. The van der Waals surface area contributed by atoms with Gasteiger partial charge >= 0.3 is 0 Å². The van der Waals surface area contributed by atoms with Crippen LogP contribution in [0, 0.1) is 0 Å². The summed E-state index contributed by atoms with van der Waals surface area (Å²) in [4.78, 5) is 23.8. The van der Waals surface area contributed by atoms with Crippen LogP contribution in [0.25, 0.3) is 0 Å². The number of hydrogen-bond acceptors (Lipinski definition) is 3. The molecule has 0 unspecified atom stereocenters. The maximum absolute atomic E-state index is 12.3. The third-order valence-electron chi connectivity index (χ3n) is 3.66. The molecule has 2 aromatic carbocycles. The van der Waals surface area contributed by atoms with Gasteiger partial charge in [-0.05, 0) is 30.5 Å². The fourth-order valence-electron chi connectivity index (χ4n) is 2.52. The molecule has 0 radical (unpaired) electrons. The normalized spacial score (nSPS) is 12.8. The van der Waals surface area contributed by atoms with E-state index < -0.39 is 0 Å². The number of carbonyl (C=O) groups is 2. The molecule has 0 saturated heterocycles. The Labute approximate surface area is 134 Å². The Hall–Kier alpha value is -2.82. The maximum atomic E-state index is 12.3. The summed E-state index contributed by atoms with van der Waals surface area (Å²) >= 11 is 0. The van der Waals surface area contributed by atoms with Crippen LogP contribution in [-0.4, -0.2) is 25.0 Å². The van der Waals surface area contributed by atoms with Crippen molar-refractivity contribution in [3.05, 3.63) is 59.7 Å². The second-order valence-electron chi connectivity index (χ2n) is 5.36. The smallest absolute Gasteiger partial charge is 0.262 e. The van der Waals surface area contributed by atoms with Gasteiger partial charge in [-0.3, -0.25) is 9.59 Å². The number of rotatable bonds is 5. The molecule has 0 aromatic heterocycles. The fraction of sp³-hybridized carbons (Fsp3) is 0.222. The Bertz CT molecular complexity index is 713. The van der Waals surface area contributed by atoms with Crippen LogP contribution in [0.5, 0.6) is 5.75 Å². The Morgan fingerprint density at radius 1 is 1.13 bits per heavy atom. The highest BCUT2D eigenvalue weighted by Gasteiger charge is 2.21. The molecule has 3 rings (SSSR count). The van der Waals surface area contributed by atoms with Gasteiger partial charge in [0.05, 0.1) is 11.3 Å². The molecule has 2 aromatic rings. The second-order valence-corrected chi connectivity index (χ2v) is 5.36. The fourth-order valence-corrected chi connectivity index (χ4v) is 2.52. The summed E-state index contributed by atoms with van der Waals surface area (Å²) in [5.74, 6) is 0.0732. The highest BCUT2D eigenvalue weighted by Crippen LogP contribution is 2.30. The van der Waals surface area contributed by atoms with Crippen molar-refractivity contribution in [2.45, 2.75) is 12.8 Å². The van der Waals surface area contributed by atoms with E-state index in [2.05, 4.69) is 22.8 Å². The SMILES string of the molecule is O=C1COc2cccc(C(=O)NCCCc3ccccc3)c2N1. The Morgan fingerprint density at radius 3 is 2.78 bits per heavy atom. The van der Waals surface area contributed by atoms with E-state index in [9.17, 15) is 9.59 Å². The molecule has 0 spiro atoms. The lowest BCUT2D eigenvalue weighted by Gasteiger charge is -2.20. The first kappa shape index (κ1) is 15.1. The highest BCUT2D eigenvalue weighted by molar-refractivity contribution is 6.06. The van der Waals surface area contributed by atoms with Gasteiger partial charge in [0.25, 0.3) is 11.8 Å². The molecule has 1 aliphatic heterocycles. The summed E-state index contributed by atoms with van der Waals surface area (Å²) in [5, 5.41) is 5.59. The summed E-state index contributed by atoms with van der Waals surface area (Å²) in [5.41, 5.74) is 2.12. The number of carbonyl (C=O) groups excluding carboxylic acids is 2. The molecule has 118 valence electrons. The predicted molar refractivity (Wildman–Crippen MR) is 87.7 cm³/mol. The topological polar surface area (TPSA) is 67.4 Å². The third kappa shape index (κ3) is 3.69. The lowest BCUT2D eigenvalue weighted by Crippen LogP contribution is -2.30. The first-order valence-corrected chi connectivity index (χ1v) is 7.62. The molecule has 23 heavy (non-hydrogen) atoms. The Morgan fingerprint density at radius 2 is 1.96 bits per heavy atom. The zero-order valence-corrected chi connectivity index (χ0v) is 12.7. The van der Waals surface area contributed by atoms with E-state index in [-0.39, 0.29) is 18.4 Å². The minimum Gasteiger partial charge on any atom is -0.482 e. The van der Waals surface area contributed by atoms with Crippen molar-refractivity contribution in [1.29, 1.82) is 0 Å². The van der Waals surface area contributed by atoms with Crippen LogP contribution in [0.2, 0.25) is 0 Å². The molecule has 1 aliphatic rings. The number of ether oxygens (including phenoxy) is 1. The number of anilines is 1. The summed E-state index contributed by atoms with van der Waals surface area (Å²) in [6.07, 6.45) is 1.77. The van der Waals surface area contributed by atoms with Crippen LogP contribution in [0.15, 0.2) is 48.5 Å². The van der Waals surface area contributed by atoms with E-state index >= 15 is 0 Å². The maximum Gasteiger partial charge on any atom is 0.262 e. The number of hydrogen-bond donors (Lipinski definition) is 2. The molecule has 0 saturated carbocycles. The van der Waals surface area contributed by atoms with Crippen molar-refractivity contribution in [2.24, 2.45) is 0 Å². The molecule has 0 atom stereocenters. The monoisotopic (exact) mass is 310 g/mol. The van der Waals surface area contributed by atoms with Gasteiger partial charge in [0, 0.05) is 6.54 Å². The minimum atomic E-state index is -0.248. The summed E-state index contributed by atoms with van der Waals surface area (Å²) in [6.45, 7) is 0.557. The van der Waals surface area contributed by atoms with Crippen LogP contribution in [-0.2, 0) is 11.2 Å². The molecular formula is C18H18N2O3. The van der Waals surface area contributed by atoms with Crippen molar-refractivity contribution in [1.82, 2.24) is 5.32 Å². The predicted octanol–water partition coefficient (Wildman–Crippen LogP) is 2.38. The van der Waals surface area contributed by atoms with Crippen molar-refractivity contribution in [3.63, 3.8) is 0 Å². The van der Waals surface area contributed by atoms with Gasteiger partial charge in [-0.1, -0.05) is 36.4 Å². The van der Waals surface area contributed by atoms with Gasteiger partial charge in [0.2, 0.25) is 0 Å². The van der Waals surface area contributed by atoms with Crippen LogP contribution >= 0.6 is 0 Å². The molecule has 2 N–H and O–H groups in total. The number of para-hydroxylation sites is 1. The van der Waals surface area contributed by atoms with Crippen molar-refractivity contribution in [2.75, 3.05) is 18.5 Å². The summed E-state index contributed by atoms with van der Waals surface area (Å²) in [7, 11) is 0. The summed E-state index contributed by atoms with van der Waals surface area (Å²) < 4.78 is 5.32. The standard InChI is InChI=1S/C18H18N2O3/c21-16-12-23-15-10-4-9-14(17(15)20-16)18(22)19-11-5-8-13-6-2-1-3-7-13/h1-4,6-7,9-10H,5,8,11-12H2,(H,19,22)(H,20,21). The van der Waals surface area contributed by atoms with Gasteiger partial charge in [0.1, 0.15) is 5.75 Å². The van der Waals surface area contributed by atoms with E-state index in [0.29, 0.717) is 23.5 Å². The number of nitrogens with one attached hydrogen (secondary N) is 2. The largest absolute Gasteiger partial charge is 0.482 e. The van der Waals surface area contributed by atoms with Gasteiger partial charge in [-0.15, -0.1) is 0 Å². The molecule has 2 amide bonds. The van der Waals surface area contributed by atoms with Gasteiger partial charge < -0.3 is 15.4 Å². The van der Waals surface area contributed by atoms with Crippen LogP contribution in [0.3, 0.4) is 0 Å². The number of amides is 2. The molecule has 0 bridgehead atoms. The number of fused-ring (bicyclic) bond motifs is 1. The highest BCUT2D eigenvalue weighted by atomic mass is 16.5. The lowest BCUT2D eigenvalue weighted by atomic mass is 10.1. The van der Waals surface area contributed by atoms with Crippen molar-refractivity contribution in [3.8, 4) is 5.75 Å². The zero-order valence-electron chi connectivity index (χ0n) is 12.7. The quantitative estimate of drug-likeness (QED) is 0.833. The van der Waals surface area contributed by atoms with Crippen molar-refractivity contribution >= 4 is 17.5 Å². The van der Waals surface area contributed by atoms with E-state index in [1.165, 1.54) is 5.56 Å². The van der Waals surface area contributed by atoms with Crippen molar-refractivity contribution < 1.29 is 14.3 Å². The van der Waals surface area contributed by atoms with Gasteiger partial charge in [-0.2, -0.15) is 0 Å². The van der Waals surface area contributed by atoms with E-state index in [0.717, 1.165) is 12.8 Å².